The lowest BCUT2D eigenvalue weighted by Crippen LogP contribution is -2.41. The molecule has 1 atom stereocenters. The Morgan fingerprint density at radius 1 is 0.867 bits per heavy atom. The van der Waals surface area contributed by atoms with Gasteiger partial charge in [0, 0.05) is 27.2 Å². The number of carbonyl (C=O) groups is 1. The molecule has 0 heterocycles. The topological polar surface area (TPSA) is 79.3 Å². The Bertz CT molecular complexity index is 498. The second-order valence-electron chi connectivity index (χ2n) is 9.14. The third kappa shape index (κ3) is 17.1. The molecule has 30 heavy (non-hydrogen) atoms. The summed E-state index contributed by atoms with van der Waals surface area (Å²) in [5.74, 6) is 0. The van der Waals surface area contributed by atoms with Crippen LogP contribution in [0, 0.1) is 0 Å². The fraction of sp³-hybridized carbons (Fsp3) is 0.952. The van der Waals surface area contributed by atoms with Gasteiger partial charge in [0.2, 0.25) is 0 Å². The maximum Gasteiger partial charge on any atom is 0.472 e. The van der Waals surface area contributed by atoms with E-state index in [1.54, 1.807) is 19.0 Å². The van der Waals surface area contributed by atoms with Gasteiger partial charge in [0.25, 0.3) is 0 Å². The quantitative estimate of drug-likeness (QED) is 0.190. The van der Waals surface area contributed by atoms with Crippen molar-refractivity contribution in [2.45, 2.75) is 64.7 Å². The highest BCUT2D eigenvalue weighted by molar-refractivity contribution is 7.47. The van der Waals surface area contributed by atoms with E-state index in [9.17, 15) is 14.3 Å². The van der Waals surface area contributed by atoms with Crippen molar-refractivity contribution in [1.82, 2.24) is 9.80 Å². The summed E-state index contributed by atoms with van der Waals surface area (Å²) in [6, 6.07) is -0.114. The molecule has 0 aliphatic heterocycles. The van der Waals surface area contributed by atoms with Gasteiger partial charge < -0.3 is 19.2 Å². The number of amides is 2. The van der Waals surface area contributed by atoms with Crippen molar-refractivity contribution in [2.75, 3.05) is 68.1 Å². The highest BCUT2D eigenvalue weighted by atomic mass is 31.2. The first-order valence-electron chi connectivity index (χ1n) is 11.4. The molecule has 2 amide bonds. The summed E-state index contributed by atoms with van der Waals surface area (Å²) in [5, 5.41) is 0. The molecule has 0 aliphatic carbocycles. The van der Waals surface area contributed by atoms with E-state index < -0.39 is 7.82 Å². The van der Waals surface area contributed by atoms with Gasteiger partial charge in [-0.15, -0.1) is 0 Å². The number of phosphoric ester groups is 1. The molecule has 0 saturated heterocycles. The van der Waals surface area contributed by atoms with Crippen LogP contribution in [-0.4, -0.2) is 93.3 Å². The Labute approximate surface area is 184 Å². The summed E-state index contributed by atoms with van der Waals surface area (Å²) in [6.45, 7) is 3.80. The Kier molecular flexibility index (Phi) is 15.7. The van der Waals surface area contributed by atoms with Crippen LogP contribution in [0.25, 0.3) is 0 Å². The Hall–Kier alpha value is -0.660. The van der Waals surface area contributed by atoms with Crippen LogP contribution in [0.15, 0.2) is 0 Å². The Morgan fingerprint density at radius 2 is 1.37 bits per heavy atom. The summed E-state index contributed by atoms with van der Waals surface area (Å²) in [7, 11) is 5.24. The first kappa shape index (κ1) is 29.3. The van der Waals surface area contributed by atoms with Gasteiger partial charge in [0.1, 0.15) is 13.2 Å². The van der Waals surface area contributed by atoms with Crippen LogP contribution >= 0.6 is 7.82 Å². The fourth-order valence-electron chi connectivity index (χ4n) is 2.93. The van der Waals surface area contributed by atoms with Gasteiger partial charge >= 0.3 is 13.9 Å². The largest absolute Gasteiger partial charge is 0.472 e. The summed E-state index contributed by atoms with van der Waals surface area (Å²) in [6.07, 6.45) is 11.0. The molecule has 0 rings (SSSR count). The molecule has 0 aromatic carbocycles. The molecule has 0 aromatic heterocycles. The van der Waals surface area contributed by atoms with Crippen LogP contribution in [0.2, 0.25) is 0 Å². The van der Waals surface area contributed by atoms with Crippen molar-refractivity contribution in [2.24, 2.45) is 0 Å². The van der Waals surface area contributed by atoms with Gasteiger partial charge in [-0.25, -0.2) is 9.36 Å². The number of phosphoric acid groups is 1. The summed E-state index contributed by atoms with van der Waals surface area (Å²) in [4.78, 5) is 25.4. The molecule has 1 unspecified atom stereocenters. The number of unbranched alkanes of at least 4 members (excludes halogenated alkanes) is 8. The molecule has 0 bridgehead atoms. The van der Waals surface area contributed by atoms with E-state index in [-0.39, 0.29) is 25.8 Å². The monoisotopic (exact) mass is 452 g/mol. The highest BCUT2D eigenvalue weighted by Crippen LogP contribution is 2.42. The molecule has 0 aromatic rings. The average molecular weight is 453 g/mol. The van der Waals surface area contributed by atoms with E-state index in [0.29, 0.717) is 17.6 Å². The van der Waals surface area contributed by atoms with Crippen molar-refractivity contribution in [3.8, 4) is 0 Å². The van der Waals surface area contributed by atoms with E-state index >= 15 is 0 Å². The minimum Gasteiger partial charge on any atom is -0.331 e. The molecule has 9 heteroatoms. The lowest BCUT2D eigenvalue weighted by atomic mass is 10.1. The zero-order valence-corrected chi connectivity index (χ0v) is 21.2. The van der Waals surface area contributed by atoms with Crippen LogP contribution in [0.1, 0.15) is 64.7 Å². The van der Waals surface area contributed by atoms with E-state index in [0.717, 1.165) is 12.8 Å². The summed E-state index contributed by atoms with van der Waals surface area (Å²) >= 11 is 0. The molecule has 0 spiro atoms. The Balaban J connectivity index is 4.19. The number of hydrogen-bond donors (Lipinski definition) is 1. The van der Waals surface area contributed by atoms with Crippen molar-refractivity contribution in [3.63, 3.8) is 0 Å². The molecular formula is C21H47N3O5P+. The molecule has 0 fully saturated rings. The SMILES string of the molecule is CCCCCCCCCCCN(CCOP(=O)(O)OCC[N+](C)(C)C)C(=O)N(C)C. The third-order valence-electron chi connectivity index (χ3n) is 4.82. The van der Waals surface area contributed by atoms with Crippen molar-refractivity contribution < 1.29 is 27.8 Å². The molecule has 1 N–H and O–H groups in total. The van der Waals surface area contributed by atoms with Gasteiger partial charge in [0.05, 0.1) is 27.7 Å². The van der Waals surface area contributed by atoms with E-state index in [4.69, 9.17) is 9.05 Å². The zero-order valence-electron chi connectivity index (χ0n) is 20.3. The number of carbonyl (C=O) groups excluding carboxylic acids is 1. The second-order valence-corrected chi connectivity index (χ2v) is 10.6. The van der Waals surface area contributed by atoms with Crippen molar-refractivity contribution >= 4 is 13.9 Å². The predicted octanol–water partition coefficient (Wildman–Crippen LogP) is 4.34. The molecule has 0 radical (unpaired) electrons. The fourth-order valence-corrected chi connectivity index (χ4v) is 3.63. The normalized spacial score (nSPS) is 13.8. The van der Waals surface area contributed by atoms with Crippen LogP contribution in [0.3, 0.4) is 0 Å². The van der Waals surface area contributed by atoms with E-state index in [1.165, 1.54) is 49.8 Å². The molecule has 0 saturated carbocycles. The van der Waals surface area contributed by atoms with Crippen LogP contribution in [-0.2, 0) is 13.6 Å². The van der Waals surface area contributed by atoms with Gasteiger partial charge in [-0.3, -0.25) is 9.05 Å². The Morgan fingerprint density at radius 3 is 1.87 bits per heavy atom. The second kappa shape index (κ2) is 16.0. The number of hydrogen-bond acceptors (Lipinski definition) is 4. The lowest BCUT2D eigenvalue weighted by Gasteiger charge is -2.26. The van der Waals surface area contributed by atoms with Crippen LogP contribution in [0.4, 0.5) is 4.79 Å². The number of likely N-dealkylation sites (N-methyl/N-ethyl adjacent to an activating group) is 1. The van der Waals surface area contributed by atoms with Gasteiger partial charge in [-0.2, -0.15) is 0 Å². The maximum absolute atomic E-state index is 12.4. The van der Waals surface area contributed by atoms with Gasteiger partial charge in [-0.05, 0) is 6.42 Å². The standard InChI is InChI=1S/C21H46N3O5P/c1-7-8-9-10-11-12-13-14-15-16-23(21(25)22(2)3)17-19-28-30(26,27)29-20-18-24(4,5)6/h7-20H2,1-6H3/p+1. The van der Waals surface area contributed by atoms with Crippen LogP contribution in [0.5, 0.6) is 0 Å². The number of nitrogens with zero attached hydrogens (tertiary/aromatic N) is 3. The lowest BCUT2D eigenvalue weighted by molar-refractivity contribution is -0.870. The number of urea groups is 1. The van der Waals surface area contributed by atoms with E-state index in [1.807, 2.05) is 21.1 Å². The molecule has 0 aliphatic rings. The average Bonchev–Trinajstić information content (AvgIpc) is 2.63. The van der Waals surface area contributed by atoms with Crippen molar-refractivity contribution in [3.05, 3.63) is 0 Å². The molecule has 8 nitrogen and oxygen atoms in total. The third-order valence-corrected chi connectivity index (χ3v) is 5.83. The maximum atomic E-state index is 12.4. The smallest absolute Gasteiger partial charge is 0.331 e. The zero-order chi connectivity index (χ0) is 23.0. The predicted molar refractivity (Wildman–Crippen MR) is 123 cm³/mol. The first-order valence-corrected chi connectivity index (χ1v) is 12.9. The first-order chi connectivity index (χ1) is 14.0. The van der Waals surface area contributed by atoms with Crippen molar-refractivity contribution in [1.29, 1.82) is 0 Å². The molecule has 180 valence electrons. The van der Waals surface area contributed by atoms with Gasteiger partial charge in [-0.1, -0.05) is 58.3 Å². The molecular weight excluding hydrogens is 405 g/mol. The van der Waals surface area contributed by atoms with Gasteiger partial charge in [0.15, 0.2) is 0 Å². The number of quaternary nitrogens is 1. The minimum absolute atomic E-state index is 0.0326. The summed E-state index contributed by atoms with van der Waals surface area (Å²) in [5.41, 5.74) is 0. The highest BCUT2D eigenvalue weighted by Gasteiger charge is 2.23. The summed E-state index contributed by atoms with van der Waals surface area (Å²) < 4.78 is 22.7. The number of rotatable bonds is 18. The minimum atomic E-state index is -4.10. The van der Waals surface area contributed by atoms with Crippen LogP contribution < -0.4 is 0 Å². The van der Waals surface area contributed by atoms with E-state index in [2.05, 4.69) is 6.92 Å².